The van der Waals surface area contributed by atoms with Crippen LogP contribution in [0.1, 0.15) is 32.3 Å². The molecule has 0 aliphatic heterocycles. The summed E-state index contributed by atoms with van der Waals surface area (Å²) < 4.78 is 18.4. The van der Waals surface area contributed by atoms with Crippen LogP contribution in [-0.2, 0) is 37.1 Å². The van der Waals surface area contributed by atoms with Crippen molar-refractivity contribution in [2.24, 2.45) is 0 Å². The Morgan fingerprint density at radius 1 is 1.15 bits per heavy atom. The van der Waals surface area contributed by atoms with Crippen molar-refractivity contribution in [2.45, 2.75) is 46.1 Å². The van der Waals surface area contributed by atoms with Gasteiger partial charge in [0.25, 0.3) is 5.56 Å². The van der Waals surface area contributed by atoms with Gasteiger partial charge in [-0.3, -0.25) is 29.3 Å². The molecule has 0 saturated heterocycles. The number of ether oxygens (including phenoxy) is 3. The first kappa shape index (κ1) is 24.1. The summed E-state index contributed by atoms with van der Waals surface area (Å²) in [4.78, 5) is 46.3. The largest absolute Gasteiger partial charge is 0.463 e. The van der Waals surface area contributed by atoms with Gasteiger partial charge in [-0.2, -0.15) is 4.98 Å². The molecule has 0 spiro atoms. The summed E-state index contributed by atoms with van der Waals surface area (Å²) in [6.45, 7) is 3.96. The Morgan fingerprint density at radius 3 is 2.67 bits per heavy atom. The van der Waals surface area contributed by atoms with E-state index in [1.165, 1.54) is 10.9 Å². The number of carbonyl (C=O) groups is 2. The summed E-state index contributed by atoms with van der Waals surface area (Å²) in [6, 6.07) is 9.66. The van der Waals surface area contributed by atoms with Crippen molar-refractivity contribution in [1.82, 2.24) is 19.5 Å². The lowest BCUT2D eigenvalue weighted by molar-refractivity contribution is -0.151. The maximum absolute atomic E-state index is 12.3. The number of aromatic amines is 1. The highest BCUT2D eigenvalue weighted by atomic mass is 16.6. The quantitative estimate of drug-likeness (QED) is 0.394. The standard InChI is InChI=1S/C22H27N5O6/c1-3-17(28)24-22-25-20-19(21(30)26-22)23-13-27(20)14-33-16(12-32-18(29)4-2)11-31-10-15-8-6-5-7-9-15/h5-9,13,16H,3-4,10-12,14H2,1-2H3,(H2,24,25,26,28,30). The normalized spacial score (nSPS) is 11.9. The van der Waals surface area contributed by atoms with Crippen molar-refractivity contribution in [2.75, 3.05) is 18.5 Å². The number of imidazole rings is 1. The fraction of sp³-hybridized carbons (Fsp3) is 0.409. The Kier molecular flexibility index (Phi) is 8.67. The van der Waals surface area contributed by atoms with E-state index >= 15 is 0 Å². The third kappa shape index (κ3) is 6.96. The predicted octanol–water partition coefficient (Wildman–Crippen LogP) is 1.98. The zero-order chi connectivity index (χ0) is 23.6. The number of benzene rings is 1. The maximum atomic E-state index is 12.3. The van der Waals surface area contributed by atoms with Crippen LogP contribution in [-0.4, -0.2) is 50.7 Å². The number of H-pyrrole nitrogens is 1. The van der Waals surface area contributed by atoms with Crippen LogP contribution in [0.4, 0.5) is 5.95 Å². The van der Waals surface area contributed by atoms with Gasteiger partial charge >= 0.3 is 5.97 Å². The van der Waals surface area contributed by atoms with Crippen molar-refractivity contribution in [3.63, 3.8) is 0 Å². The highest BCUT2D eigenvalue weighted by molar-refractivity contribution is 5.89. The molecule has 33 heavy (non-hydrogen) atoms. The number of esters is 1. The first-order valence-electron chi connectivity index (χ1n) is 10.6. The lowest BCUT2D eigenvalue weighted by atomic mass is 10.2. The Balaban J connectivity index is 1.68. The molecule has 2 N–H and O–H groups in total. The van der Waals surface area contributed by atoms with E-state index in [-0.39, 0.29) is 61.8 Å². The monoisotopic (exact) mass is 457 g/mol. The summed E-state index contributed by atoms with van der Waals surface area (Å²) >= 11 is 0. The summed E-state index contributed by atoms with van der Waals surface area (Å²) in [7, 11) is 0. The number of anilines is 1. The molecule has 3 rings (SSSR count). The smallest absolute Gasteiger partial charge is 0.305 e. The maximum Gasteiger partial charge on any atom is 0.305 e. The van der Waals surface area contributed by atoms with E-state index in [0.29, 0.717) is 6.61 Å². The molecular formula is C22H27N5O6. The van der Waals surface area contributed by atoms with Gasteiger partial charge in [0.1, 0.15) is 19.4 Å². The lowest BCUT2D eigenvalue weighted by Crippen LogP contribution is -2.28. The SMILES string of the molecule is CCC(=O)Nc1nc2c(ncn2COC(COCc2ccccc2)COC(=O)CC)c(=O)[nH]1. The summed E-state index contributed by atoms with van der Waals surface area (Å²) in [5, 5.41) is 2.52. The molecule has 1 aromatic carbocycles. The second-order valence-electron chi connectivity index (χ2n) is 7.16. The van der Waals surface area contributed by atoms with E-state index in [2.05, 4.69) is 20.3 Å². The minimum Gasteiger partial charge on any atom is -0.463 e. The van der Waals surface area contributed by atoms with Crippen LogP contribution >= 0.6 is 0 Å². The van der Waals surface area contributed by atoms with E-state index in [1.54, 1.807) is 13.8 Å². The molecule has 1 amide bonds. The summed E-state index contributed by atoms with van der Waals surface area (Å²) in [5.41, 5.74) is 0.888. The van der Waals surface area contributed by atoms with Gasteiger partial charge in [0.05, 0.1) is 19.5 Å². The van der Waals surface area contributed by atoms with Crippen LogP contribution < -0.4 is 10.9 Å². The molecule has 3 aromatic rings. The summed E-state index contributed by atoms with van der Waals surface area (Å²) in [5.74, 6) is -0.599. The number of hydrogen-bond acceptors (Lipinski definition) is 8. The van der Waals surface area contributed by atoms with Gasteiger partial charge in [-0.25, -0.2) is 4.98 Å². The highest BCUT2D eigenvalue weighted by Crippen LogP contribution is 2.10. The van der Waals surface area contributed by atoms with E-state index in [0.717, 1.165) is 5.56 Å². The molecule has 11 nitrogen and oxygen atoms in total. The fourth-order valence-electron chi connectivity index (χ4n) is 2.83. The van der Waals surface area contributed by atoms with E-state index in [9.17, 15) is 14.4 Å². The average Bonchev–Trinajstić information content (AvgIpc) is 3.24. The van der Waals surface area contributed by atoms with Gasteiger partial charge in [-0.05, 0) is 5.56 Å². The Bertz CT molecular complexity index is 1130. The van der Waals surface area contributed by atoms with Gasteiger partial charge in [0.2, 0.25) is 11.9 Å². The van der Waals surface area contributed by atoms with Crippen LogP contribution in [0.2, 0.25) is 0 Å². The molecule has 0 aliphatic rings. The molecule has 11 heteroatoms. The number of rotatable bonds is 12. The predicted molar refractivity (Wildman–Crippen MR) is 119 cm³/mol. The number of amides is 1. The zero-order valence-electron chi connectivity index (χ0n) is 18.6. The van der Waals surface area contributed by atoms with Gasteiger partial charge in [0.15, 0.2) is 11.2 Å². The van der Waals surface area contributed by atoms with E-state index in [4.69, 9.17) is 14.2 Å². The van der Waals surface area contributed by atoms with Gasteiger partial charge < -0.3 is 14.2 Å². The van der Waals surface area contributed by atoms with Crippen molar-refractivity contribution in [3.05, 3.63) is 52.6 Å². The number of carbonyl (C=O) groups excluding carboxylic acids is 2. The van der Waals surface area contributed by atoms with Crippen LogP contribution in [0, 0.1) is 0 Å². The molecule has 2 aromatic heterocycles. The van der Waals surface area contributed by atoms with Crippen molar-refractivity contribution >= 4 is 29.0 Å². The third-order valence-electron chi connectivity index (χ3n) is 4.64. The van der Waals surface area contributed by atoms with E-state index in [1.807, 2.05) is 30.3 Å². The molecule has 1 atom stereocenters. The second-order valence-corrected chi connectivity index (χ2v) is 7.16. The third-order valence-corrected chi connectivity index (χ3v) is 4.64. The average molecular weight is 457 g/mol. The van der Waals surface area contributed by atoms with Crippen LogP contribution in [0.3, 0.4) is 0 Å². The number of nitrogens with one attached hydrogen (secondary N) is 2. The Hall–Kier alpha value is -3.57. The van der Waals surface area contributed by atoms with E-state index < -0.39 is 11.7 Å². The van der Waals surface area contributed by atoms with Crippen molar-refractivity contribution in [1.29, 1.82) is 0 Å². The number of hydrogen-bond donors (Lipinski definition) is 2. The molecular weight excluding hydrogens is 430 g/mol. The Morgan fingerprint density at radius 2 is 1.94 bits per heavy atom. The fourth-order valence-corrected chi connectivity index (χ4v) is 2.83. The Labute approximate surface area is 190 Å². The van der Waals surface area contributed by atoms with Crippen LogP contribution in [0.25, 0.3) is 11.2 Å². The molecule has 1 unspecified atom stereocenters. The molecule has 2 heterocycles. The van der Waals surface area contributed by atoms with Crippen molar-refractivity contribution < 1.29 is 23.8 Å². The first-order chi connectivity index (χ1) is 16.0. The minimum atomic E-state index is -0.553. The lowest BCUT2D eigenvalue weighted by Gasteiger charge is -2.18. The summed E-state index contributed by atoms with van der Waals surface area (Å²) in [6.07, 6.45) is 1.36. The van der Waals surface area contributed by atoms with Gasteiger partial charge in [-0.15, -0.1) is 0 Å². The molecule has 0 aliphatic carbocycles. The molecule has 0 radical (unpaired) electrons. The van der Waals surface area contributed by atoms with Crippen LogP contribution in [0.15, 0.2) is 41.5 Å². The zero-order valence-corrected chi connectivity index (χ0v) is 18.6. The minimum absolute atomic E-state index is 0.0138. The molecule has 0 saturated carbocycles. The van der Waals surface area contributed by atoms with Gasteiger partial charge in [-0.1, -0.05) is 44.2 Å². The first-order valence-corrected chi connectivity index (χ1v) is 10.6. The number of fused-ring (bicyclic) bond motifs is 1. The molecule has 0 fully saturated rings. The topological polar surface area (TPSA) is 137 Å². The van der Waals surface area contributed by atoms with Crippen molar-refractivity contribution in [3.8, 4) is 0 Å². The number of aromatic nitrogens is 4. The highest BCUT2D eigenvalue weighted by Gasteiger charge is 2.16. The second kappa shape index (κ2) is 11.9. The van der Waals surface area contributed by atoms with Gasteiger partial charge in [0, 0.05) is 12.8 Å². The number of nitrogens with zero attached hydrogens (tertiary/aromatic N) is 3. The molecule has 0 bridgehead atoms. The molecule has 176 valence electrons. The van der Waals surface area contributed by atoms with Crippen LogP contribution in [0.5, 0.6) is 0 Å².